The van der Waals surface area contributed by atoms with E-state index in [9.17, 15) is 14.0 Å². The van der Waals surface area contributed by atoms with Crippen LogP contribution >= 0.6 is 11.8 Å². The number of fused-ring (bicyclic) bond motifs is 1. The largest absolute Gasteiger partial charge is 0.351 e. The molecule has 6 heteroatoms. The number of carbonyl (C=O) groups is 2. The Hall–Kier alpha value is -3.12. The molecule has 0 saturated carbocycles. The van der Waals surface area contributed by atoms with Gasteiger partial charge in [-0.05, 0) is 60.4 Å². The normalized spacial score (nSPS) is 14.8. The third-order valence-corrected chi connectivity index (χ3v) is 6.51. The van der Waals surface area contributed by atoms with Gasteiger partial charge >= 0.3 is 0 Å². The maximum atomic E-state index is 13.1. The highest BCUT2D eigenvalue weighted by molar-refractivity contribution is 7.99. The standard InChI is InChI=1S/C26H25FN2O2S/c1-18-13-22-10-7-20(14-24(22)29(18)26(31)21-5-3-2-4-6-21)15-28-25(30)17-32-16-19-8-11-23(27)12-9-19/h2-12,14,18H,13,15-17H2,1H3,(H,28,30)/t18-/m1/s1. The molecule has 0 aromatic heterocycles. The summed E-state index contributed by atoms with van der Waals surface area (Å²) in [7, 11) is 0. The lowest BCUT2D eigenvalue weighted by molar-refractivity contribution is -0.118. The Labute approximate surface area is 191 Å². The SMILES string of the molecule is C[C@@H]1Cc2ccc(CNC(=O)CSCc3ccc(F)cc3)cc2N1C(=O)c1ccccc1. The van der Waals surface area contributed by atoms with Crippen LogP contribution in [-0.2, 0) is 23.5 Å². The molecule has 4 nitrogen and oxygen atoms in total. The molecule has 1 aliphatic heterocycles. The van der Waals surface area contributed by atoms with Crippen LogP contribution in [0.2, 0.25) is 0 Å². The molecule has 1 heterocycles. The van der Waals surface area contributed by atoms with Crippen molar-refractivity contribution >= 4 is 29.3 Å². The summed E-state index contributed by atoms with van der Waals surface area (Å²) in [6.07, 6.45) is 0.820. The lowest BCUT2D eigenvalue weighted by Crippen LogP contribution is -2.35. The average molecular weight is 449 g/mol. The van der Waals surface area contributed by atoms with Crippen LogP contribution in [0.25, 0.3) is 0 Å². The van der Waals surface area contributed by atoms with Gasteiger partial charge in [0.2, 0.25) is 5.91 Å². The second kappa shape index (κ2) is 10.0. The number of hydrogen-bond donors (Lipinski definition) is 1. The number of amides is 2. The van der Waals surface area contributed by atoms with E-state index in [2.05, 4.69) is 18.3 Å². The van der Waals surface area contributed by atoms with Crippen molar-refractivity contribution in [3.8, 4) is 0 Å². The quantitative estimate of drug-likeness (QED) is 0.555. The number of rotatable bonds is 7. The summed E-state index contributed by atoms with van der Waals surface area (Å²) in [5.41, 5.74) is 4.68. The minimum absolute atomic E-state index is 0.00442. The van der Waals surface area contributed by atoms with Crippen LogP contribution in [0, 0.1) is 5.82 Å². The predicted molar refractivity (Wildman–Crippen MR) is 127 cm³/mol. The zero-order valence-corrected chi connectivity index (χ0v) is 18.7. The molecule has 3 aromatic rings. The highest BCUT2D eigenvalue weighted by Crippen LogP contribution is 2.34. The number of thioether (sulfide) groups is 1. The first-order valence-corrected chi connectivity index (χ1v) is 11.8. The summed E-state index contributed by atoms with van der Waals surface area (Å²) in [5.74, 6) is 0.668. The van der Waals surface area contributed by atoms with E-state index in [0.717, 1.165) is 28.8 Å². The second-order valence-corrected chi connectivity index (χ2v) is 8.94. The second-order valence-electron chi connectivity index (χ2n) is 7.95. The molecule has 0 radical (unpaired) electrons. The van der Waals surface area contributed by atoms with Gasteiger partial charge < -0.3 is 10.2 Å². The van der Waals surface area contributed by atoms with Crippen LogP contribution in [0.1, 0.15) is 34.0 Å². The first-order valence-electron chi connectivity index (χ1n) is 10.6. The van der Waals surface area contributed by atoms with E-state index >= 15 is 0 Å². The average Bonchev–Trinajstić information content (AvgIpc) is 3.14. The molecule has 3 aromatic carbocycles. The van der Waals surface area contributed by atoms with E-state index in [-0.39, 0.29) is 23.7 Å². The molecule has 1 atom stereocenters. The summed E-state index contributed by atoms with van der Waals surface area (Å²) in [6, 6.07) is 21.8. The van der Waals surface area contributed by atoms with E-state index in [1.54, 1.807) is 12.1 Å². The van der Waals surface area contributed by atoms with Crippen LogP contribution in [0.3, 0.4) is 0 Å². The van der Waals surface area contributed by atoms with Gasteiger partial charge in [-0.25, -0.2) is 4.39 Å². The molecule has 0 spiro atoms. The van der Waals surface area contributed by atoms with Gasteiger partial charge in [-0.1, -0.05) is 42.5 Å². The molecule has 4 rings (SSSR count). The Morgan fingerprint density at radius 3 is 2.50 bits per heavy atom. The van der Waals surface area contributed by atoms with Crippen molar-refractivity contribution in [2.45, 2.75) is 31.7 Å². The Bertz CT molecular complexity index is 1100. The molecule has 0 saturated heterocycles. The highest BCUT2D eigenvalue weighted by Gasteiger charge is 2.31. The van der Waals surface area contributed by atoms with Crippen molar-refractivity contribution in [1.29, 1.82) is 0 Å². The number of carbonyl (C=O) groups excluding carboxylic acids is 2. The fourth-order valence-corrected chi connectivity index (χ4v) is 4.70. The molecular formula is C26H25FN2O2S. The molecule has 0 bridgehead atoms. The van der Waals surface area contributed by atoms with Crippen LogP contribution in [0.15, 0.2) is 72.8 Å². The summed E-state index contributed by atoms with van der Waals surface area (Å²) >= 11 is 1.49. The summed E-state index contributed by atoms with van der Waals surface area (Å²) in [6.45, 7) is 2.46. The van der Waals surface area contributed by atoms with Gasteiger partial charge in [-0.3, -0.25) is 9.59 Å². The van der Waals surface area contributed by atoms with E-state index in [1.165, 1.54) is 23.9 Å². The summed E-state index contributed by atoms with van der Waals surface area (Å²) in [5, 5.41) is 2.95. The van der Waals surface area contributed by atoms with Gasteiger partial charge in [0.1, 0.15) is 5.82 Å². The number of hydrogen-bond acceptors (Lipinski definition) is 3. The third kappa shape index (κ3) is 5.19. The molecule has 1 N–H and O–H groups in total. The zero-order valence-electron chi connectivity index (χ0n) is 17.9. The van der Waals surface area contributed by atoms with Crippen molar-refractivity contribution < 1.29 is 14.0 Å². The topological polar surface area (TPSA) is 49.4 Å². The smallest absolute Gasteiger partial charge is 0.258 e. The first-order chi connectivity index (χ1) is 15.5. The van der Waals surface area contributed by atoms with E-state index < -0.39 is 0 Å². The Morgan fingerprint density at radius 1 is 1.03 bits per heavy atom. The van der Waals surface area contributed by atoms with Crippen molar-refractivity contribution in [2.75, 3.05) is 10.7 Å². The Balaban J connectivity index is 1.34. The van der Waals surface area contributed by atoms with Crippen molar-refractivity contribution in [1.82, 2.24) is 5.32 Å². The maximum absolute atomic E-state index is 13.1. The van der Waals surface area contributed by atoms with Crippen molar-refractivity contribution in [3.05, 3.63) is 101 Å². The fraction of sp³-hybridized carbons (Fsp3) is 0.231. The van der Waals surface area contributed by atoms with Crippen LogP contribution in [0.5, 0.6) is 0 Å². The highest BCUT2D eigenvalue weighted by atomic mass is 32.2. The zero-order chi connectivity index (χ0) is 22.5. The number of nitrogens with one attached hydrogen (secondary N) is 1. The van der Waals surface area contributed by atoms with Crippen molar-refractivity contribution in [3.63, 3.8) is 0 Å². The molecule has 0 unspecified atom stereocenters. The van der Waals surface area contributed by atoms with Crippen molar-refractivity contribution in [2.24, 2.45) is 0 Å². The van der Waals surface area contributed by atoms with Gasteiger partial charge in [0.15, 0.2) is 0 Å². The maximum Gasteiger partial charge on any atom is 0.258 e. The number of anilines is 1. The van der Waals surface area contributed by atoms with E-state index in [1.807, 2.05) is 47.4 Å². The minimum atomic E-state index is -0.260. The number of halogens is 1. The Kier molecular flexibility index (Phi) is 6.90. The van der Waals surface area contributed by atoms with Gasteiger partial charge in [0.05, 0.1) is 5.75 Å². The number of nitrogens with zero attached hydrogens (tertiary/aromatic N) is 1. The summed E-state index contributed by atoms with van der Waals surface area (Å²) in [4.78, 5) is 27.2. The molecule has 0 aliphatic carbocycles. The lowest BCUT2D eigenvalue weighted by Gasteiger charge is -2.23. The van der Waals surface area contributed by atoms with Gasteiger partial charge in [-0.15, -0.1) is 11.8 Å². The van der Waals surface area contributed by atoms with E-state index in [0.29, 0.717) is 23.6 Å². The number of benzene rings is 3. The molecule has 32 heavy (non-hydrogen) atoms. The predicted octanol–water partition coefficient (Wildman–Crippen LogP) is 4.97. The lowest BCUT2D eigenvalue weighted by atomic mass is 10.1. The molecule has 0 fully saturated rings. The summed E-state index contributed by atoms with van der Waals surface area (Å²) < 4.78 is 13.0. The molecule has 164 valence electrons. The van der Waals surface area contributed by atoms with E-state index in [4.69, 9.17) is 0 Å². The van der Waals surface area contributed by atoms with Crippen LogP contribution in [0.4, 0.5) is 10.1 Å². The van der Waals surface area contributed by atoms with Gasteiger partial charge in [0, 0.05) is 29.6 Å². The molecule has 1 aliphatic rings. The third-order valence-electron chi connectivity index (χ3n) is 5.51. The Morgan fingerprint density at radius 2 is 1.75 bits per heavy atom. The van der Waals surface area contributed by atoms with Gasteiger partial charge in [-0.2, -0.15) is 0 Å². The molecule has 2 amide bonds. The molecular weight excluding hydrogens is 423 g/mol. The minimum Gasteiger partial charge on any atom is -0.351 e. The van der Waals surface area contributed by atoms with Crippen LogP contribution < -0.4 is 10.2 Å². The van der Waals surface area contributed by atoms with Gasteiger partial charge in [0.25, 0.3) is 5.91 Å². The first kappa shape index (κ1) is 22.1. The fourth-order valence-electron chi connectivity index (χ4n) is 3.89. The monoisotopic (exact) mass is 448 g/mol. The van der Waals surface area contributed by atoms with Crippen LogP contribution in [-0.4, -0.2) is 23.6 Å².